The monoisotopic (exact) mass is 517 g/mol. The molecule has 0 amide bonds. The molecule has 1 heterocycles. The van der Waals surface area contributed by atoms with Crippen LogP contribution in [0.2, 0.25) is 0 Å². The van der Waals surface area contributed by atoms with Gasteiger partial charge >= 0.3 is 0 Å². The molecule has 0 unspecified atom stereocenters. The number of nitrogen functional groups attached to an aromatic ring is 1. The summed E-state index contributed by atoms with van der Waals surface area (Å²) in [5.74, 6) is 0.606. The van der Waals surface area contributed by atoms with Crippen molar-refractivity contribution in [2.45, 2.75) is 60.5 Å². The summed E-state index contributed by atoms with van der Waals surface area (Å²) in [5.41, 5.74) is 7.12. The van der Waals surface area contributed by atoms with Gasteiger partial charge in [0.05, 0.1) is 16.0 Å². The van der Waals surface area contributed by atoms with Gasteiger partial charge in [0.2, 0.25) is 0 Å². The Morgan fingerprint density at radius 3 is 2.13 bits per heavy atom. The number of aldehydes is 1. The van der Waals surface area contributed by atoms with Gasteiger partial charge in [-0.2, -0.15) is 0 Å². The van der Waals surface area contributed by atoms with Crippen LogP contribution in [-0.2, 0) is 9.53 Å². The maximum atomic E-state index is 11.1. The van der Waals surface area contributed by atoms with Crippen molar-refractivity contribution in [1.29, 1.82) is 0 Å². The first kappa shape index (κ1) is 31.3. The summed E-state index contributed by atoms with van der Waals surface area (Å²) in [6.45, 7) is 14.6. The summed E-state index contributed by atoms with van der Waals surface area (Å²) in [5, 5.41) is 7.88. The van der Waals surface area contributed by atoms with Crippen LogP contribution in [0.3, 0.4) is 0 Å². The third-order valence-corrected chi connectivity index (χ3v) is 5.17. The van der Waals surface area contributed by atoms with E-state index in [0.717, 1.165) is 27.6 Å². The first-order chi connectivity index (χ1) is 14.6. The molecule has 2 rings (SSSR count). The molecular weight excluding hydrogens is 482 g/mol. The normalized spacial score (nSPS) is 9.58. The largest absolute Gasteiger partial charge is 0.491 e. The van der Waals surface area contributed by atoms with Crippen molar-refractivity contribution in [1.82, 2.24) is 0 Å². The minimum absolute atomic E-state index is 0.318. The van der Waals surface area contributed by atoms with Gasteiger partial charge in [-0.3, -0.25) is 9.59 Å². The highest BCUT2D eigenvalue weighted by molar-refractivity contribution is 9.10. The lowest BCUT2D eigenvalue weighted by Crippen LogP contribution is -2.17. The molecule has 0 bridgehead atoms. The molecule has 3 N–H and O–H groups in total. The number of rotatable bonds is 6. The van der Waals surface area contributed by atoms with E-state index >= 15 is 0 Å². The number of aliphatic hydroxyl groups excluding tert-OH is 1. The second-order valence-electron chi connectivity index (χ2n) is 6.66. The summed E-state index contributed by atoms with van der Waals surface area (Å²) in [6.07, 6.45) is 1.69. The maximum absolute atomic E-state index is 11.1. The van der Waals surface area contributed by atoms with E-state index in [9.17, 15) is 9.59 Å². The van der Waals surface area contributed by atoms with Crippen LogP contribution in [0.4, 0.5) is 5.69 Å². The van der Waals surface area contributed by atoms with Crippen LogP contribution in [0.5, 0.6) is 5.75 Å². The highest BCUT2D eigenvalue weighted by Crippen LogP contribution is 2.45. The van der Waals surface area contributed by atoms with Gasteiger partial charge in [0, 0.05) is 12.3 Å². The fourth-order valence-electron chi connectivity index (χ4n) is 1.78. The molecule has 0 atom stereocenters. The Hall–Kier alpha value is -1.90. The van der Waals surface area contributed by atoms with Crippen molar-refractivity contribution in [3.63, 3.8) is 0 Å². The van der Waals surface area contributed by atoms with E-state index < -0.39 is 0 Å². The number of aliphatic hydroxyl groups is 1. The molecule has 0 aliphatic carbocycles. The van der Waals surface area contributed by atoms with Gasteiger partial charge < -0.3 is 20.3 Å². The second kappa shape index (κ2) is 17.7. The van der Waals surface area contributed by atoms with Crippen molar-refractivity contribution < 1.29 is 24.2 Å². The summed E-state index contributed by atoms with van der Waals surface area (Å²) in [7, 11) is 0. The Bertz CT molecular complexity index is 755. The van der Waals surface area contributed by atoms with Crippen molar-refractivity contribution >= 4 is 45.7 Å². The van der Waals surface area contributed by atoms with Crippen molar-refractivity contribution in [2.75, 3.05) is 18.9 Å². The Kier molecular flexibility index (Phi) is 17.9. The predicted octanol–water partition coefficient (Wildman–Crippen LogP) is 6.34. The molecule has 1 aromatic carbocycles. The molecule has 176 valence electrons. The molecule has 0 fully saturated rings. The number of hydrogen-bond donors (Lipinski definition) is 2. The lowest BCUT2D eigenvalue weighted by atomic mass is 10.1. The Labute approximate surface area is 198 Å². The number of carbonyl (C=O) groups excluding carboxylic acids is 2. The smallest absolute Gasteiger partial charge is 0.293 e. The van der Waals surface area contributed by atoms with Crippen LogP contribution in [0.1, 0.15) is 64.6 Å². The quantitative estimate of drug-likeness (QED) is 0.342. The van der Waals surface area contributed by atoms with Gasteiger partial charge in [0.25, 0.3) is 6.47 Å². The van der Waals surface area contributed by atoms with E-state index in [4.69, 9.17) is 15.6 Å². The number of hydrogen-bond acceptors (Lipinski definition) is 7. The molecular formula is C23H36BrNO5S. The van der Waals surface area contributed by atoms with E-state index in [1.807, 2.05) is 72.7 Å². The van der Waals surface area contributed by atoms with Gasteiger partial charge in [0.15, 0.2) is 12.0 Å². The number of nitrogens with two attached hydrogens (primary N) is 1. The zero-order chi connectivity index (χ0) is 24.4. The third kappa shape index (κ3) is 13.2. The topological polar surface area (TPSA) is 98.9 Å². The average molecular weight is 519 g/mol. The lowest BCUT2D eigenvalue weighted by molar-refractivity contribution is -0.138. The molecule has 31 heavy (non-hydrogen) atoms. The van der Waals surface area contributed by atoms with Crippen LogP contribution >= 0.6 is 27.3 Å². The number of halogens is 1. The van der Waals surface area contributed by atoms with E-state index in [-0.39, 0.29) is 5.60 Å². The SMILES string of the molecule is CC.CC(C)(C)OC=O.CCCO.CCOc1c(C=O)sc(-c2cccc(N)c2)c1Br. The van der Waals surface area contributed by atoms with E-state index in [2.05, 4.69) is 20.7 Å². The van der Waals surface area contributed by atoms with E-state index in [1.165, 1.54) is 11.3 Å². The lowest BCUT2D eigenvalue weighted by Gasteiger charge is -2.14. The zero-order valence-electron chi connectivity index (χ0n) is 19.5. The summed E-state index contributed by atoms with van der Waals surface area (Å²) < 4.78 is 10.8. The number of benzene rings is 1. The summed E-state index contributed by atoms with van der Waals surface area (Å²) in [6, 6.07) is 7.55. The molecule has 1 aromatic heterocycles. The molecule has 0 aliphatic rings. The average Bonchev–Trinajstić information content (AvgIpc) is 3.05. The highest BCUT2D eigenvalue weighted by atomic mass is 79.9. The Morgan fingerprint density at radius 2 is 1.77 bits per heavy atom. The van der Waals surface area contributed by atoms with Crippen molar-refractivity contribution in [3.8, 4) is 16.2 Å². The molecule has 0 saturated heterocycles. The highest BCUT2D eigenvalue weighted by Gasteiger charge is 2.18. The predicted molar refractivity (Wildman–Crippen MR) is 134 cm³/mol. The van der Waals surface area contributed by atoms with Crippen LogP contribution in [0.25, 0.3) is 10.4 Å². The molecule has 2 aromatic rings. The van der Waals surface area contributed by atoms with Crippen LogP contribution in [0, 0.1) is 0 Å². The summed E-state index contributed by atoms with van der Waals surface area (Å²) >= 11 is 4.88. The first-order valence-electron chi connectivity index (χ1n) is 10.1. The van der Waals surface area contributed by atoms with Crippen LogP contribution in [0.15, 0.2) is 28.7 Å². The molecule has 8 heteroatoms. The fraction of sp³-hybridized carbons (Fsp3) is 0.478. The van der Waals surface area contributed by atoms with Crippen LogP contribution in [-0.4, -0.2) is 36.7 Å². The van der Waals surface area contributed by atoms with Gasteiger partial charge in [-0.15, -0.1) is 11.3 Å². The Morgan fingerprint density at radius 1 is 1.19 bits per heavy atom. The van der Waals surface area contributed by atoms with Crippen LogP contribution < -0.4 is 10.5 Å². The molecule has 6 nitrogen and oxygen atoms in total. The molecule has 0 saturated carbocycles. The van der Waals surface area contributed by atoms with Crippen molar-refractivity contribution in [3.05, 3.63) is 33.6 Å². The zero-order valence-corrected chi connectivity index (χ0v) is 21.9. The minimum Gasteiger partial charge on any atom is -0.491 e. The maximum Gasteiger partial charge on any atom is 0.293 e. The third-order valence-electron chi connectivity index (χ3n) is 3.00. The second-order valence-corrected chi connectivity index (χ2v) is 8.51. The van der Waals surface area contributed by atoms with Gasteiger partial charge in [-0.25, -0.2) is 0 Å². The summed E-state index contributed by atoms with van der Waals surface area (Å²) in [4.78, 5) is 22.2. The minimum atomic E-state index is -0.318. The van der Waals surface area contributed by atoms with Crippen molar-refractivity contribution in [2.24, 2.45) is 0 Å². The van der Waals surface area contributed by atoms with E-state index in [0.29, 0.717) is 36.0 Å². The molecule has 0 spiro atoms. The van der Waals surface area contributed by atoms with Gasteiger partial charge in [0.1, 0.15) is 10.5 Å². The van der Waals surface area contributed by atoms with Gasteiger partial charge in [-0.1, -0.05) is 32.9 Å². The molecule has 0 aliphatic heterocycles. The van der Waals surface area contributed by atoms with Gasteiger partial charge in [-0.05, 0) is 67.7 Å². The number of anilines is 1. The first-order valence-corrected chi connectivity index (χ1v) is 11.7. The molecule has 0 radical (unpaired) electrons. The van der Waals surface area contributed by atoms with E-state index in [1.54, 1.807) is 0 Å². The number of ether oxygens (including phenoxy) is 2. The number of carbonyl (C=O) groups is 2. The fourth-order valence-corrected chi connectivity index (χ4v) is 3.66. The standard InChI is InChI=1S/C13H12BrNO2S.C5H10O2.C3H8O.C2H6/c1-2-17-12-10(7-16)18-13(11(12)14)8-4-3-5-9(15)6-8;1-5(2,3)7-4-6;1-2-3-4;1-2/h3-7H,2,15H2,1H3;4H,1-3H3;4H,2-3H2,1H3;1-2H3. The number of thiophene rings is 1. The Balaban J connectivity index is 0.